The van der Waals surface area contributed by atoms with Gasteiger partial charge in [0.25, 0.3) is 17.5 Å². The highest BCUT2D eigenvalue weighted by Gasteiger charge is 2.45. The highest BCUT2D eigenvalue weighted by atomic mass is 35.5. The highest BCUT2D eigenvalue weighted by Crippen LogP contribution is 2.50. The summed E-state index contributed by atoms with van der Waals surface area (Å²) in [7, 11) is 1.29. The van der Waals surface area contributed by atoms with Gasteiger partial charge in [-0.2, -0.15) is 132 Å². The SMILES string of the molecule is CCCN1CCOc2cc3[nH]c(=O)cc(C(F)(F)F)c3cc21.Cn1c(=O)cc(C(F)(F)F)c2cc3c(cc21)OCCN3CC(F)(F)F.FC(F)(F)CN1CCOc2cc3[nH]c(=S)cc(C(F)(F)F)c3cc21.FC(F)(F)CN1CCOc2cc3nc(Cl)cc(C(F)(F)F)c3cc21.O=c1[nH]c2cc3c(cc2c(C(F)(F)F)c1Cl)N(CC(F)(F)F)CCO3.O=c1cc(C(F)F)c2cc3c(cc2[nH]1)OCCN3CC(F)(F)F. The number of nitrogens with zero attached hydrogens (tertiary/aromatic N) is 8. The average molecular weight is 2140 g/mol. The normalized spacial score (nSPS) is 15.2. The second kappa shape index (κ2) is 40.4. The van der Waals surface area contributed by atoms with Crippen molar-refractivity contribution >= 4 is 135 Å². The number of anilines is 6. The van der Waals surface area contributed by atoms with E-state index in [1.54, 1.807) is 0 Å². The number of hydrogen-bond donors (Lipinski definition) is 4. The Kier molecular flexibility index (Phi) is 30.3. The van der Waals surface area contributed by atoms with Gasteiger partial charge in [0.05, 0.1) is 134 Å². The van der Waals surface area contributed by atoms with Gasteiger partial charge in [-0.25, -0.2) is 13.8 Å². The average Bonchev–Trinajstić information content (AvgIpc) is 0.728. The number of hydrogen-bond acceptors (Lipinski definition) is 18. The molecule has 22 nitrogen and oxygen atoms in total. The molecule has 774 valence electrons. The Bertz CT molecular complexity index is 7110. The summed E-state index contributed by atoms with van der Waals surface area (Å²) in [4.78, 5) is 66.5. The maximum atomic E-state index is 13.3. The first-order valence-electron chi connectivity index (χ1n) is 41.3. The van der Waals surface area contributed by atoms with Crippen LogP contribution in [0.15, 0.2) is 122 Å². The van der Waals surface area contributed by atoms with Crippen LogP contribution in [0, 0.1) is 4.64 Å². The number of aromatic amines is 4. The van der Waals surface area contributed by atoms with Gasteiger partial charge in [0.15, 0.2) is 0 Å². The third-order valence-electron chi connectivity index (χ3n) is 21.9. The first-order chi connectivity index (χ1) is 66.2. The van der Waals surface area contributed by atoms with Gasteiger partial charge in [0.2, 0.25) is 11.1 Å². The molecule has 6 aromatic carbocycles. The van der Waals surface area contributed by atoms with Gasteiger partial charge in [-0.3, -0.25) is 19.2 Å². The quantitative estimate of drug-likeness (QED) is 0.0630. The Morgan fingerprint density at radius 3 is 1.06 bits per heavy atom. The Morgan fingerprint density at radius 2 is 0.671 bits per heavy atom. The molecule has 143 heavy (non-hydrogen) atoms. The number of ether oxygens (including phenoxy) is 6. The second-order valence-electron chi connectivity index (χ2n) is 32.0. The van der Waals surface area contributed by atoms with E-state index >= 15 is 0 Å². The van der Waals surface area contributed by atoms with Crippen molar-refractivity contribution in [3.8, 4) is 34.5 Å². The number of rotatable bonds is 8. The third-order valence-corrected chi connectivity index (χ3v) is 22.6. The van der Waals surface area contributed by atoms with E-state index < -0.39 is 167 Å². The number of pyridine rings is 6. The lowest BCUT2D eigenvalue weighted by atomic mass is 10.1. The van der Waals surface area contributed by atoms with Crippen LogP contribution in [0.5, 0.6) is 34.5 Å². The molecule has 0 aliphatic carbocycles. The second-order valence-corrected chi connectivity index (χ2v) is 33.2. The number of H-pyrrole nitrogens is 4. The van der Waals surface area contributed by atoms with Gasteiger partial charge in [-0.15, -0.1) is 0 Å². The van der Waals surface area contributed by atoms with Crippen LogP contribution >= 0.6 is 35.4 Å². The number of halogens is 34. The fraction of sp³-hybridized carbons (Fsp3) is 0.372. The molecule has 4 N–H and O–H groups in total. The molecule has 6 aliphatic rings. The Balaban J connectivity index is 0.000000144. The Labute approximate surface area is 793 Å². The van der Waals surface area contributed by atoms with Gasteiger partial charge in [-0.1, -0.05) is 42.3 Å². The molecule has 0 saturated heterocycles. The molecule has 0 spiro atoms. The maximum absolute atomic E-state index is 13.3. The summed E-state index contributed by atoms with van der Waals surface area (Å²) in [6, 6.07) is 17.2. The lowest BCUT2D eigenvalue weighted by Crippen LogP contribution is -2.39. The van der Waals surface area contributed by atoms with Gasteiger partial charge in [0, 0.05) is 106 Å². The number of fused-ring (bicyclic) bond motifs is 12. The predicted molar refractivity (Wildman–Crippen MR) is 461 cm³/mol. The molecule has 6 aromatic heterocycles. The summed E-state index contributed by atoms with van der Waals surface area (Å²) in [6.07, 6.45) is -48.2. The summed E-state index contributed by atoms with van der Waals surface area (Å²) >= 11 is 15.9. The number of alkyl halides is 32. The maximum Gasteiger partial charge on any atom is 0.418 e. The summed E-state index contributed by atoms with van der Waals surface area (Å²) in [5.74, 6) is 0.715. The van der Waals surface area contributed by atoms with Crippen LogP contribution in [-0.2, 0) is 37.9 Å². The minimum absolute atomic E-state index is 0.00368. The molecular weight excluding hydrogens is 2070 g/mol. The van der Waals surface area contributed by atoms with Gasteiger partial charge in [-0.05, 0) is 55.0 Å². The minimum Gasteiger partial charge on any atom is -0.489 e. The number of nitrogens with one attached hydrogen (secondary N) is 4. The molecule has 0 atom stereocenters. The molecular formula is C86H66Cl2F32N12O10S. The molecule has 12 aromatic rings. The zero-order valence-corrected chi connectivity index (χ0v) is 74.6. The lowest BCUT2D eigenvalue weighted by Gasteiger charge is -2.32. The van der Waals surface area contributed by atoms with Crippen molar-refractivity contribution in [2.24, 2.45) is 7.05 Å². The molecule has 0 radical (unpaired) electrons. The van der Waals surface area contributed by atoms with Gasteiger partial charge < -0.3 is 82.3 Å². The van der Waals surface area contributed by atoms with Crippen molar-refractivity contribution in [1.29, 1.82) is 0 Å². The van der Waals surface area contributed by atoms with E-state index in [4.69, 9.17) is 63.8 Å². The van der Waals surface area contributed by atoms with E-state index in [2.05, 4.69) is 24.9 Å². The van der Waals surface area contributed by atoms with Crippen LogP contribution < -0.4 is 80.1 Å². The smallest absolute Gasteiger partial charge is 0.418 e. The van der Waals surface area contributed by atoms with Crippen molar-refractivity contribution in [2.45, 2.75) is 81.5 Å². The zero-order valence-electron chi connectivity index (χ0n) is 72.2. The number of benzene rings is 6. The molecule has 0 saturated carbocycles. The molecule has 0 bridgehead atoms. The van der Waals surface area contributed by atoms with Crippen LogP contribution in [0.3, 0.4) is 0 Å². The van der Waals surface area contributed by atoms with Gasteiger partial charge in [0.1, 0.15) is 122 Å². The van der Waals surface area contributed by atoms with E-state index in [9.17, 15) is 160 Å². The van der Waals surface area contributed by atoms with Gasteiger partial charge >= 0.3 is 61.8 Å². The van der Waals surface area contributed by atoms with E-state index in [-0.39, 0.29) is 193 Å². The highest BCUT2D eigenvalue weighted by molar-refractivity contribution is 7.71. The monoisotopic (exact) mass is 2140 g/mol. The minimum atomic E-state index is -4.96. The topological polar surface area (TPSA) is 224 Å². The summed E-state index contributed by atoms with van der Waals surface area (Å²) in [6.45, 7) is -3.02. The lowest BCUT2D eigenvalue weighted by molar-refractivity contribution is -0.137. The van der Waals surface area contributed by atoms with Crippen molar-refractivity contribution in [1.82, 2.24) is 29.5 Å². The van der Waals surface area contributed by atoms with Crippen LogP contribution in [0.2, 0.25) is 10.2 Å². The van der Waals surface area contributed by atoms with Crippen molar-refractivity contribution < 1.29 is 169 Å². The molecule has 12 heterocycles. The van der Waals surface area contributed by atoms with Crippen molar-refractivity contribution in [3.63, 3.8) is 0 Å². The third kappa shape index (κ3) is 25.7. The summed E-state index contributed by atoms with van der Waals surface area (Å²) < 4.78 is 448. The zero-order chi connectivity index (χ0) is 105. The van der Waals surface area contributed by atoms with E-state index in [0.717, 1.165) is 84.5 Å². The largest absolute Gasteiger partial charge is 0.489 e. The number of aryl methyl sites for hydroxylation is 1. The van der Waals surface area contributed by atoms with E-state index in [1.807, 2.05) is 11.8 Å². The fourth-order valence-electron chi connectivity index (χ4n) is 16.1. The molecule has 18 rings (SSSR count). The predicted octanol–water partition coefficient (Wildman–Crippen LogP) is 23.0. The van der Waals surface area contributed by atoms with Crippen molar-refractivity contribution in [3.05, 3.63) is 193 Å². The molecule has 0 amide bonds. The first kappa shape index (κ1) is 107. The molecule has 6 aliphatic heterocycles. The molecule has 57 heteroatoms. The first-order valence-corrected chi connectivity index (χ1v) is 42.4. The van der Waals surface area contributed by atoms with E-state index in [0.29, 0.717) is 42.8 Å². The van der Waals surface area contributed by atoms with Crippen molar-refractivity contribution in [2.75, 3.05) is 148 Å². The number of aromatic nitrogens is 6. The van der Waals surface area contributed by atoms with Crippen LogP contribution in [0.25, 0.3) is 65.4 Å². The van der Waals surface area contributed by atoms with Crippen LogP contribution in [0.1, 0.15) is 53.2 Å². The molecule has 0 fully saturated rings. The van der Waals surface area contributed by atoms with E-state index in [1.165, 1.54) is 49.5 Å². The molecule has 0 unspecified atom stereocenters. The fourth-order valence-corrected chi connectivity index (χ4v) is 16.8. The Morgan fingerprint density at radius 1 is 0.357 bits per heavy atom. The Hall–Kier alpha value is -12.9. The standard InChI is InChI=1S/C15H12F6N2O2.C15H15F3N2O2.C14H9ClF6N2O2.C14H9ClF6N2O.C14H10F6N2OS.C14H11F5N2O2/c1-22-10-6-12-11(23(2-3-25-12)7-14(16,17)18)4-8(10)9(5-13(22)24)15(19,20)21;1-2-3-20-4-5-22-13-8-11-9(6-12(13)20)10(15(16,17)18)7-14(21)19-11;15-11-10(14(19,20)21)6-3-8-9(4-7(6)22-12(11)24)25-2-1-23(8)5-13(16,17)18;15-12-4-8(14(19,20)21)7-3-10-11(5-9(7)22-12)24-2-1-23(10)6-13(16,17)18;15-13(16,17)6-22-1-2-23-11-5-9-7(3-10(11)22)8(14(18,19)20)4-12(24)21-9;15-13(16)8-4-12(22)20-9-5-11-10(3-7(8)9)21(1-2-23-11)6-14(17,18)19/h4-6H,2-3,7H2,1H3;6-8H,2-5H2,1H3,(H,19,21);3-4H,1-2,5H2,(H,22,24);3-5H,1-2,6H2;3-5H,1-2,6H2,(H,21,24);3-5,13H,1-2,6H2,(H,20,22). The summed E-state index contributed by atoms with van der Waals surface area (Å²) in [5.41, 5.74) is -9.28. The van der Waals surface area contributed by atoms with Crippen LogP contribution in [0.4, 0.5) is 175 Å². The summed E-state index contributed by atoms with van der Waals surface area (Å²) in [5, 5.41) is -2.90. The van der Waals surface area contributed by atoms with Crippen LogP contribution in [-0.4, -0.2) is 179 Å².